The standard InChI is InChI=1S/C15H14BrFN2O/c1-10(12-3-2-6-18-9-12)19-15(20)7-11-4-5-13(17)8-14(11)16/h2-6,8-10H,7H2,1H3,(H,19,20)/t10-/m1/s1. The zero-order valence-electron chi connectivity index (χ0n) is 10.9. The van der Waals surface area contributed by atoms with E-state index < -0.39 is 0 Å². The van der Waals surface area contributed by atoms with E-state index in [1.807, 2.05) is 19.1 Å². The molecular weight excluding hydrogens is 323 g/mol. The lowest BCUT2D eigenvalue weighted by atomic mass is 10.1. The van der Waals surface area contributed by atoms with Crippen LogP contribution < -0.4 is 5.32 Å². The molecule has 5 heteroatoms. The largest absolute Gasteiger partial charge is 0.349 e. The number of carbonyl (C=O) groups is 1. The molecule has 2 rings (SSSR count). The van der Waals surface area contributed by atoms with Gasteiger partial charge in [-0.2, -0.15) is 0 Å². The molecule has 1 atom stereocenters. The summed E-state index contributed by atoms with van der Waals surface area (Å²) in [5.74, 6) is -0.446. The number of nitrogens with zero attached hydrogens (tertiary/aromatic N) is 1. The summed E-state index contributed by atoms with van der Waals surface area (Å²) in [6.45, 7) is 1.90. The zero-order valence-corrected chi connectivity index (χ0v) is 12.5. The van der Waals surface area contributed by atoms with Crippen molar-refractivity contribution in [3.63, 3.8) is 0 Å². The first-order valence-corrected chi connectivity index (χ1v) is 6.99. The SMILES string of the molecule is C[C@@H](NC(=O)Cc1ccc(F)cc1Br)c1cccnc1. The number of halogens is 2. The van der Waals surface area contributed by atoms with Gasteiger partial charge in [0.25, 0.3) is 0 Å². The Labute approximate surface area is 125 Å². The summed E-state index contributed by atoms with van der Waals surface area (Å²) in [6.07, 6.45) is 3.61. The number of hydrogen-bond donors (Lipinski definition) is 1. The first kappa shape index (κ1) is 14.7. The number of pyridine rings is 1. The first-order valence-electron chi connectivity index (χ1n) is 6.19. The Kier molecular flexibility index (Phi) is 4.84. The van der Waals surface area contributed by atoms with Crippen LogP contribution in [-0.4, -0.2) is 10.9 Å². The van der Waals surface area contributed by atoms with E-state index in [1.165, 1.54) is 12.1 Å². The lowest BCUT2D eigenvalue weighted by molar-refractivity contribution is -0.121. The Morgan fingerprint density at radius 3 is 2.90 bits per heavy atom. The second-order valence-corrected chi connectivity index (χ2v) is 5.34. The van der Waals surface area contributed by atoms with Gasteiger partial charge < -0.3 is 5.32 Å². The van der Waals surface area contributed by atoms with Crippen LogP contribution in [0.2, 0.25) is 0 Å². The van der Waals surface area contributed by atoms with Gasteiger partial charge in [-0.05, 0) is 36.2 Å². The van der Waals surface area contributed by atoms with Crippen LogP contribution in [0.1, 0.15) is 24.1 Å². The molecule has 0 aliphatic carbocycles. The Hall–Kier alpha value is -1.75. The minimum absolute atomic E-state index is 0.115. The minimum Gasteiger partial charge on any atom is -0.349 e. The van der Waals surface area contributed by atoms with Crippen molar-refractivity contribution in [3.05, 3.63) is 64.1 Å². The second kappa shape index (κ2) is 6.61. The molecule has 0 saturated carbocycles. The average Bonchev–Trinajstić information content (AvgIpc) is 2.43. The predicted molar refractivity (Wildman–Crippen MR) is 78.6 cm³/mol. The molecule has 0 radical (unpaired) electrons. The molecule has 0 bridgehead atoms. The summed E-state index contributed by atoms with van der Waals surface area (Å²) in [7, 11) is 0. The summed E-state index contributed by atoms with van der Waals surface area (Å²) >= 11 is 3.26. The molecule has 2 aromatic rings. The van der Waals surface area contributed by atoms with Gasteiger partial charge in [0, 0.05) is 16.9 Å². The fourth-order valence-electron chi connectivity index (χ4n) is 1.85. The monoisotopic (exact) mass is 336 g/mol. The van der Waals surface area contributed by atoms with E-state index in [2.05, 4.69) is 26.2 Å². The summed E-state index contributed by atoms with van der Waals surface area (Å²) in [4.78, 5) is 16.0. The maximum atomic E-state index is 13.0. The molecule has 1 aromatic heterocycles. The van der Waals surface area contributed by atoms with Gasteiger partial charge >= 0.3 is 0 Å². The Morgan fingerprint density at radius 1 is 1.45 bits per heavy atom. The van der Waals surface area contributed by atoms with E-state index in [9.17, 15) is 9.18 Å². The van der Waals surface area contributed by atoms with Crippen molar-refractivity contribution in [2.75, 3.05) is 0 Å². The highest BCUT2D eigenvalue weighted by atomic mass is 79.9. The van der Waals surface area contributed by atoms with Gasteiger partial charge in [-0.15, -0.1) is 0 Å². The third kappa shape index (κ3) is 3.87. The van der Waals surface area contributed by atoms with Gasteiger partial charge in [0.15, 0.2) is 0 Å². The van der Waals surface area contributed by atoms with E-state index in [4.69, 9.17) is 0 Å². The molecule has 0 spiro atoms. The Morgan fingerprint density at radius 2 is 2.25 bits per heavy atom. The summed E-state index contributed by atoms with van der Waals surface area (Å²) in [6, 6.07) is 7.93. The molecule has 0 saturated heterocycles. The minimum atomic E-state index is -0.329. The van der Waals surface area contributed by atoms with Crippen molar-refractivity contribution in [2.45, 2.75) is 19.4 Å². The average molecular weight is 337 g/mol. The van der Waals surface area contributed by atoms with E-state index in [-0.39, 0.29) is 24.2 Å². The Bertz CT molecular complexity index is 604. The number of nitrogens with one attached hydrogen (secondary N) is 1. The van der Waals surface area contributed by atoms with Gasteiger partial charge in [-0.25, -0.2) is 4.39 Å². The van der Waals surface area contributed by atoms with Crippen molar-refractivity contribution in [1.82, 2.24) is 10.3 Å². The molecule has 0 fully saturated rings. The van der Waals surface area contributed by atoms with Crippen molar-refractivity contribution in [3.8, 4) is 0 Å². The zero-order chi connectivity index (χ0) is 14.5. The van der Waals surface area contributed by atoms with Crippen molar-refractivity contribution in [2.24, 2.45) is 0 Å². The maximum Gasteiger partial charge on any atom is 0.224 e. The second-order valence-electron chi connectivity index (χ2n) is 4.49. The smallest absolute Gasteiger partial charge is 0.224 e. The van der Waals surface area contributed by atoms with E-state index in [1.54, 1.807) is 18.5 Å². The third-order valence-electron chi connectivity index (χ3n) is 2.93. The van der Waals surface area contributed by atoms with Gasteiger partial charge in [-0.1, -0.05) is 28.1 Å². The van der Waals surface area contributed by atoms with Crippen LogP contribution in [0, 0.1) is 5.82 Å². The lowest BCUT2D eigenvalue weighted by Crippen LogP contribution is -2.28. The summed E-state index contributed by atoms with van der Waals surface area (Å²) in [5.41, 5.74) is 1.70. The number of benzene rings is 1. The van der Waals surface area contributed by atoms with Crippen molar-refractivity contribution >= 4 is 21.8 Å². The van der Waals surface area contributed by atoms with Crippen LogP contribution in [-0.2, 0) is 11.2 Å². The fraction of sp³-hybridized carbons (Fsp3) is 0.200. The number of aromatic nitrogens is 1. The molecule has 104 valence electrons. The fourth-order valence-corrected chi connectivity index (χ4v) is 2.34. The van der Waals surface area contributed by atoms with Crippen LogP contribution in [0.4, 0.5) is 4.39 Å². The highest BCUT2D eigenvalue weighted by Gasteiger charge is 2.12. The molecule has 1 N–H and O–H groups in total. The van der Waals surface area contributed by atoms with Crippen LogP contribution >= 0.6 is 15.9 Å². The molecule has 0 aliphatic heterocycles. The third-order valence-corrected chi connectivity index (χ3v) is 3.67. The van der Waals surface area contributed by atoms with E-state index >= 15 is 0 Å². The molecule has 0 unspecified atom stereocenters. The molecule has 1 heterocycles. The maximum absolute atomic E-state index is 13.0. The quantitative estimate of drug-likeness (QED) is 0.929. The van der Waals surface area contributed by atoms with Gasteiger partial charge in [-0.3, -0.25) is 9.78 Å². The highest BCUT2D eigenvalue weighted by Crippen LogP contribution is 2.19. The van der Waals surface area contributed by atoms with Crippen molar-refractivity contribution in [1.29, 1.82) is 0 Å². The van der Waals surface area contributed by atoms with Gasteiger partial charge in [0.1, 0.15) is 5.82 Å². The topological polar surface area (TPSA) is 42.0 Å². The van der Waals surface area contributed by atoms with E-state index in [0.29, 0.717) is 4.47 Å². The molecule has 1 amide bonds. The first-order chi connectivity index (χ1) is 9.56. The summed E-state index contributed by atoms with van der Waals surface area (Å²) < 4.78 is 13.6. The van der Waals surface area contributed by atoms with Crippen LogP contribution in [0.25, 0.3) is 0 Å². The molecule has 0 aliphatic rings. The Balaban J connectivity index is 1.99. The molecule has 1 aromatic carbocycles. The number of carbonyl (C=O) groups excluding carboxylic acids is 1. The van der Waals surface area contributed by atoms with Crippen LogP contribution in [0.3, 0.4) is 0 Å². The molecule has 20 heavy (non-hydrogen) atoms. The van der Waals surface area contributed by atoms with E-state index in [0.717, 1.165) is 11.1 Å². The summed E-state index contributed by atoms with van der Waals surface area (Å²) in [5, 5.41) is 2.89. The van der Waals surface area contributed by atoms with Gasteiger partial charge in [0.05, 0.1) is 12.5 Å². The van der Waals surface area contributed by atoms with Crippen LogP contribution in [0.5, 0.6) is 0 Å². The highest BCUT2D eigenvalue weighted by molar-refractivity contribution is 9.10. The predicted octanol–water partition coefficient (Wildman–Crippen LogP) is 3.40. The lowest BCUT2D eigenvalue weighted by Gasteiger charge is -2.14. The van der Waals surface area contributed by atoms with Gasteiger partial charge in [0.2, 0.25) is 5.91 Å². The normalized spacial score (nSPS) is 11.9. The van der Waals surface area contributed by atoms with Crippen molar-refractivity contribution < 1.29 is 9.18 Å². The van der Waals surface area contributed by atoms with Crippen LogP contribution in [0.15, 0.2) is 47.2 Å². The number of amides is 1. The molecular formula is C15H14BrFN2O. The number of rotatable bonds is 4. The number of hydrogen-bond acceptors (Lipinski definition) is 2. The molecule has 3 nitrogen and oxygen atoms in total.